The smallest absolute Gasteiger partial charge is 0.325 e. The quantitative estimate of drug-likeness (QED) is 0.871. The van der Waals surface area contributed by atoms with Crippen molar-refractivity contribution in [1.82, 2.24) is 9.97 Å². The second kappa shape index (κ2) is 5.14. The molecule has 0 unspecified atom stereocenters. The molecule has 0 aliphatic rings. The lowest BCUT2D eigenvalue weighted by Crippen LogP contribution is -1.95. The highest BCUT2D eigenvalue weighted by molar-refractivity contribution is 9.10. The predicted octanol–water partition coefficient (Wildman–Crippen LogP) is 3.35. The molecule has 2 aromatic rings. The van der Waals surface area contributed by atoms with Gasteiger partial charge in [-0.15, -0.1) is 0 Å². The van der Waals surface area contributed by atoms with Crippen LogP contribution >= 0.6 is 15.9 Å². The van der Waals surface area contributed by atoms with E-state index in [0.717, 1.165) is 0 Å². The van der Waals surface area contributed by atoms with Crippen molar-refractivity contribution >= 4 is 15.9 Å². The summed E-state index contributed by atoms with van der Waals surface area (Å²) in [4.78, 5) is 8.15. The van der Waals surface area contributed by atoms with Crippen molar-refractivity contribution < 1.29 is 9.47 Å². The van der Waals surface area contributed by atoms with Gasteiger partial charge >= 0.3 is 6.01 Å². The number of rotatable bonds is 3. The van der Waals surface area contributed by atoms with Crippen LogP contribution in [0.5, 0.6) is 17.6 Å². The molecule has 0 bridgehead atoms. The summed E-state index contributed by atoms with van der Waals surface area (Å²) in [7, 11) is 1.54. The van der Waals surface area contributed by atoms with Crippen molar-refractivity contribution in [3.05, 3.63) is 40.5 Å². The molecule has 88 valence electrons. The lowest BCUT2D eigenvalue weighted by molar-refractivity contribution is 0.373. The van der Waals surface area contributed by atoms with E-state index in [1.54, 1.807) is 13.3 Å². The zero-order valence-corrected chi connectivity index (χ0v) is 11.1. The standard InChI is InChI=1S/C12H11BrN2O2/c1-8-3-5-9(6-4-8)17-12-14-7-10(13)11(15-12)16-2/h3-7H,1-2H3. The van der Waals surface area contributed by atoms with Gasteiger partial charge in [-0.05, 0) is 35.0 Å². The molecular weight excluding hydrogens is 284 g/mol. The number of hydrogen-bond donors (Lipinski definition) is 0. The van der Waals surface area contributed by atoms with E-state index in [1.807, 2.05) is 31.2 Å². The van der Waals surface area contributed by atoms with E-state index in [4.69, 9.17) is 9.47 Å². The Labute approximate surface area is 108 Å². The van der Waals surface area contributed by atoms with E-state index >= 15 is 0 Å². The molecule has 0 fully saturated rings. The Morgan fingerprint density at radius 3 is 2.53 bits per heavy atom. The average molecular weight is 295 g/mol. The van der Waals surface area contributed by atoms with Gasteiger partial charge in [0.2, 0.25) is 5.88 Å². The molecule has 0 N–H and O–H groups in total. The third-order valence-electron chi connectivity index (χ3n) is 2.11. The van der Waals surface area contributed by atoms with Crippen LogP contribution in [0.25, 0.3) is 0 Å². The van der Waals surface area contributed by atoms with Crippen molar-refractivity contribution in [2.24, 2.45) is 0 Å². The van der Waals surface area contributed by atoms with Crippen LogP contribution < -0.4 is 9.47 Å². The fourth-order valence-corrected chi connectivity index (χ4v) is 1.59. The maximum absolute atomic E-state index is 5.51. The normalized spacial score (nSPS) is 10.1. The molecule has 0 saturated carbocycles. The molecule has 5 heteroatoms. The summed E-state index contributed by atoms with van der Waals surface area (Å²) in [6.07, 6.45) is 1.59. The van der Waals surface area contributed by atoms with Crippen LogP contribution in [0.3, 0.4) is 0 Å². The highest BCUT2D eigenvalue weighted by atomic mass is 79.9. The van der Waals surface area contributed by atoms with E-state index in [0.29, 0.717) is 16.1 Å². The van der Waals surface area contributed by atoms with Crippen LogP contribution in [0.2, 0.25) is 0 Å². The first-order chi connectivity index (χ1) is 8.19. The van der Waals surface area contributed by atoms with Gasteiger partial charge in [0.25, 0.3) is 0 Å². The van der Waals surface area contributed by atoms with Gasteiger partial charge in [-0.2, -0.15) is 4.98 Å². The van der Waals surface area contributed by atoms with Crippen molar-refractivity contribution in [3.63, 3.8) is 0 Å². The van der Waals surface area contributed by atoms with Gasteiger partial charge in [-0.25, -0.2) is 4.98 Å². The highest BCUT2D eigenvalue weighted by Gasteiger charge is 2.06. The van der Waals surface area contributed by atoms with Crippen LogP contribution in [0.4, 0.5) is 0 Å². The number of benzene rings is 1. The summed E-state index contributed by atoms with van der Waals surface area (Å²) in [5.41, 5.74) is 1.17. The third-order valence-corrected chi connectivity index (χ3v) is 2.66. The molecule has 0 saturated heterocycles. The van der Waals surface area contributed by atoms with Gasteiger partial charge in [-0.3, -0.25) is 0 Å². The fraction of sp³-hybridized carbons (Fsp3) is 0.167. The van der Waals surface area contributed by atoms with Crippen molar-refractivity contribution in [1.29, 1.82) is 0 Å². The molecule has 1 aromatic carbocycles. The lowest BCUT2D eigenvalue weighted by atomic mass is 10.2. The molecule has 1 heterocycles. The lowest BCUT2D eigenvalue weighted by Gasteiger charge is -2.06. The van der Waals surface area contributed by atoms with E-state index in [1.165, 1.54) is 5.56 Å². The average Bonchev–Trinajstić information content (AvgIpc) is 2.34. The Morgan fingerprint density at radius 1 is 1.18 bits per heavy atom. The number of aromatic nitrogens is 2. The predicted molar refractivity (Wildman–Crippen MR) is 67.5 cm³/mol. The molecule has 0 atom stereocenters. The minimum atomic E-state index is 0.258. The molecule has 0 aliphatic heterocycles. The number of methoxy groups -OCH3 is 1. The molecular formula is C12H11BrN2O2. The second-order valence-corrected chi connectivity index (χ2v) is 4.28. The summed E-state index contributed by atoms with van der Waals surface area (Å²) >= 11 is 3.28. The largest absolute Gasteiger partial charge is 0.480 e. The third kappa shape index (κ3) is 2.94. The topological polar surface area (TPSA) is 44.2 Å². The van der Waals surface area contributed by atoms with Gasteiger partial charge in [0, 0.05) is 0 Å². The SMILES string of the molecule is COc1nc(Oc2ccc(C)cc2)ncc1Br. The molecule has 0 aliphatic carbocycles. The molecule has 0 radical (unpaired) electrons. The Balaban J connectivity index is 2.21. The Kier molecular flexibility index (Phi) is 3.58. The number of ether oxygens (including phenoxy) is 2. The minimum Gasteiger partial charge on any atom is -0.480 e. The van der Waals surface area contributed by atoms with Crippen molar-refractivity contribution in [2.45, 2.75) is 6.92 Å². The highest BCUT2D eigenvalue weighted by Crippen LogP contribution is 2.25. The zero-order valence-electron chi connectivity index (χ0n) is 9.48. The van der Waals surface area contributed by atoms with Gasteiger partial charge in [0.1, 0.15) is 5.75 Å². The van der Waals surface area contributed by atoms with Crippen LogP contribution in [0.1, 0.15) is 5.56 Å². The fourth-order valence-electron chi connectivity index (χ4n) is 1.24. The summed E-state index contributed by atoms with van der Waals surface area (Å²) in [6, 6.07) is 7.92. The molecule has 4 nitrogen and oxygen atoms in total. The maximum atomic E-state index is 5.51. The zero-order chi connectivity index (χ0) is 12.3. The van der Waals surface area contributed by atoms with E-state index < -0.39 is 0 Å². The number of nitrogens with zero attached hydrogens (tertiary/aromatic N) is 2. The van der Waals surface area contributed by atoms with E-state index in [9.17, 15) is 0 Å². The Morgan fingerprint density at radius 2 is 1.88 bits per heavy atom. The van der Waals surface area contributed by atoms with E-state index in [2.05, 4.69) is 25.9 Å². The van der Waals surface area contributed by atoms with Crippen LogP contribution in [0.15, 0.2) is 34.9 Å². The van der Waals surface area contributed by atoms with Crippen molar-refractivity contribution in [3.8, 4) is 17.6 Å². The molecule has 0 amide bonds. The maximum Gasteiger partial charge on any atom is 0.325 e. The number of hydrogen-bond acceptors (Lipinski definition) is 4. The summed E-state index contributed by atoms with van der Waals surface area (Å²) in [5, 5.41) is 0. The summed E-state index contributed by atoms with van der Waals surface area (Å²) in [6.45, 7) is 2.02. The first-order valence-corrected chi connectivity index (χ1v) is 5.79. The van der Waals surface area contributed by atoms with Crippen molar-refractivity contribution in [2.75, 3.05) is 7.11 Å². The van der Waals surface area contributed by atoms with Gasteiger partial charge in [0.05, 0.1) is 17.8 Å². The van der Waals surface area contributed by atoms with Crippen LogP contribution in [-0.4, -0.2) is 17.1 Å². The second-order valence-electron chi connectivity index (χ2n) is 3.42. The monoisotopic (exact) mass is 294 g/mol. The Bertz CT molecular complexity index is 514. The van der Waals surface area contributed by atoms with Gasteiger partial charge < -0.3 is 9.47 Å². The summed E-state index contributed by atoms with van der Waals surface area (Å²) < 4.78 is 11.3. The van der Waals surface area contributed by atoms with Gasteiger partial charge in [-0.1, -0.05) is 17.7 Å². The molecule has 1 aromatic heterocycles. The first kappa shape index (κ1) is 11.9. The van der Waals surface area contributed by atoms with Crippen LogP contribution in [-0.2, 0) is 0 Å². The first-order valence-electron chi connectivity index (χ1n) is 5.00. The Hall–Kier alpha value is -1.62. The van der Waals surface area contributed by atoms with E-state index in [-0.39, 0.29) is 6.01 Å². The molecule has 2 rings (SSSR count). The summed E-state index contributed by atoms with van der Waals surface area (Å²) in [5.74, 6) is 1.14. The minimum absolute atomic E-state index is 0.258. The van der Waals surface area contributed by atoms with Crippen LogP contribution in [0, 0.1) is 6.92 Å². The molecule has 0 spiro atoms. The molecule has 17 heavy (non-hydrogen) atoms. The number of halogens is 1. The van der Waals surface area contributed by atoms with Gasteiger partial charge in [0.15, 0.2) is 0 Å². The number of aryl methyl sites for hydroxylation is 1.